The van der Waals surface area contributed by atoms with E-state index in [1.807, 2.05) is 12.1 Å². The van der Waals surface area contributed by atoms with Gasteiger partial charge in [0.25, 0.3) is 5.91 Å². The zero-order chi connectivity index (χ0) is 28.4. The molecule has 0 radical (unpaired) electrons. The summed E-state index contributed by atoms with van der Waals surface area (Å²) in [5.41, 5.74) is 0.837. The van der Waals surface area contributed by atoms with Crippen molar-refractivity contribution in [2.24, 2.45) is 5.92 Å². The van der Waals surface area contributed by atoms with Crippen LogP contribution in [-0.4, -0.2) is 82.0 Å². The quantitative estimate of drug-likeness (QED) is 0.400. The van der Waals surface area contributed by atoms with Crippen LogP contribution in [0.4, 0.5) is 0 Å². The highest BCUT2D eigenvalue weighted by Gasteiger charge is 2.28. The largest absolute Gasteiger partial charge is 0.497 e. The molecule has 1 aliphatic heterocycles. The first kappa shape index (κ1) is 30.4. The molecule has 10 nitrogen and oxygen atoms in total. The third-order valence-electron chi connectivity index (χ3n) is 6.49. The molecule has 1 N–H and O–H groups in total. The van der Waals surface area contributed by atoms with Crippen molar-refractivity contribution in [2.75, 3.05) is 46.6 Å². The van der Waals surface area contributed by atoms with Gasteiger partial charge >= 0.3 is 0 Å². The number of morpholine rings is 1. The molecule has 2 aromatic rings. The lowest BCUT2D eigenvalue weighted by Crippen LogP contribution is -2.49. The average Bonchev–Trinajstić information content (AvgIpc) is 2.95. The molecule has 0 saturated carbocycles. The van der Waals surface area contributed by atoms with Gasteiger partial charge in [-0.1, -0.05) is 26.0 Å². The van der Waals surface area contributed by atoms with Crippen LogP contribution in [0.15, 0.2) is 53.4 Å². The molecule has 0 unspecified atom stereocenters. The molecule has 1 atom stereocenters. The standard InChI is InChI=1S/C28H39N3O7S/c1-21(2)13-14-29-28(33)22(3)31(19-23-5-7-24(36-4)8-6-23)27(32)20-38-25-9-11-26(12-10-25)39(34,35)30-15-17-37-18-16-30/h5-12,21-22H,13-20H2,1-4H3,(H,29,33)/t22-/m0/s1. The van der Waals surface area contributed by atoms with Crippen molar-refractivity contribution in [2.45, 2.75) is 44.7 Å². The van der Waals surface area contributed by atoms with Crippen molar-refractivity contribution in [3.05, 3.63) is 54.1 Å². The van der Waals surface area contributed by atoms with Crippen LogP contribution in [0.2, 0.25) is 0 Å². The number of rotatable bonds is 13. The number of nitrogens with zero attached hydrogens (tertiary/aromatic N) is 2. The molecule has 0 spiro atoms. The topological polar surface area (TPSA) is 114 Å². The summed E-state index contributed by atoms with van der Waals surface area (Å²) in [6, 6.07) is 12.5. The van der Waals surface area contributed by atoms with Crippen LogP contribution < -0.4 is 14.8 Å². The van der Waals surface area contributed by atoms with E-state index in [0.29, 0.717) is 50.3 Å². The Kier molecular flexibility index (Phi) is 11.1. The minimum Gasteiger partial charge on any atom is -0.497 e. The second-order valence-electron chi connectivity index (χ2n) is 9.80. The molecule has 1 heterocycles. The summed E-state index contributed by atoms with van der Waals surface area (Å²) in [5, 5.41) is 2.91. The Balaban J connectivity index is 1.67. The number of benzene rings is 2. The van der Waals surface area contributed by atoms with Gasteiger partial charge in [-0.3, -0.25) is 9.59 Å². The fraction of sp³-hybridized carbons (Fsp3) is 0.500. The number of ether oxygens (including phenoxy) is 3. The minimum absolute atomic E-state index is 0.149. The molecule has 0 bridgehead atoms. The molecule has 39 heavy (non-hydrogen) atoms. The monoisotopic (exact) mass is 561 g/mol. The van der Waals surface area contributed by atoms with E-state index in [4.69, 9.17) is 14.2 Å². The second kappa shape index (κ2) is 14.3. The fourth-order valence-electron chi connectivity index (χ4n) is 4.01. The van der Waals surface area contributed by atoms with Crippen LogP contribution in [0.5, 0.6) is 11.5 Å². The number of sulfonamides is 1. The Morgan fingerprint density at radius 2 is 1.62 bits per heavy atom. The number of methoxy groups -OCH3 is 1. The predicted octanol–water partition coefficient (Wildman–Crippen LogP) is 2.67. The molecule has 0 aliphatic carbocycles. The van der Waals surface area contributed by atoms with Crippen LogP contribution in [0.25, 0.3) is 0 Å². The maximum Gasteiger partial charge on any atom is 0.261 e. The first-order valence-electron chi connectivity index (χ1n) is 13.1. The van der Waals surface area contributed by atoms with Crippen molar-refractivity contribution in [1.82, 2.24) is 14.5 Å². The zero-order valence-corrected chi connectivity index (χ0v) is 23.9. The lowest BCUT2D eigenvalue weighted by atomic mass is 10.1. The van der Waals surface area contributed by atoms with Crippen LogP contribution in [0, 0.1) is 5.92 Å². The van der Waals surface area contributed by atoms with Gasteiger partial charge in [-0.25, -0.2) is 8.42 Å². The molecule has 2 aromatic carbocycles. The van der Waals surface area contributed by atoms with Crippen molar-refractivity contribution < 1.29 is 32.2 Å². The van der Waals surface area contributed by atoms with E-state index in [-0.39, 0.29) is 29.9 Å². The van der Waals surface area contributed by atoms with Crippen molar-refractivity contribution >= 4 is 21.8 Å². The highest BCUT2D eigenvalue weighted by atomic mass is 32.2. The van der Waals surface area contributed by atoms with Crippen molar-refractivity contribution in [3.63, 3.8) is 0 Å². The molecule has 2 amide bonds. The number of carbonyl (C=O) groups excluding carboxylic acids is 2. The Hall–Kier alpha value is -3.15. The van der Waals surface area contributed by atoms with Gasteiger partial charge in [0.1, 0.15) is 17.5 Å². The van der Waals surface area contributed by atoms with Gasteiger partial charge in [0.15, 0.2) is 6.61 Å². The van der Waals surface area contributed by atoms with E-state index < -0.39 is 16.1 Å². The maximum absolute atomic E-state index is 13.3. The molecule has 1 aliphatic rings. The number of nitrogens with one attached hydrogen (secondary N) is 1. The smallest absolute Gasteiger partial charge is 0.261 e. The summed E-state index contributed by atoms with van der Waals surface area (Å²) in [6.45, 7) is 7.63. The van der Waals surface area contributed by atoms with Gasteiger partial charge in [-0.05, 0) is 61.2 Å². The first-order chi connectivity index (χ1) is 18.6. The van der Waals surface area contributed by atoms with Gasteiger partial charge < -0.3 is 24.4 Å². The van der Waals surface area contributed by atoms with E-state index in [2.05, 4.69) is 19.2 Å². The van der Waals surface area contributed by atoms with Gasteiger partial charge in [0.2, 0.25) is 15.9 Å². The van der Waals surface area contributed by atoms with Gasteiger partial charge in [-0.2, -0.15) is 4.31 Å². The molecule has 11 heteroatoms. The molecule has 0 aromatic heterocycles. The van der Waals surface area contributed by atoms with Gasteiger partial charge in [-0.15, -0.1) is 0 Å². The summed E-state index contributed by atoms with van der Waals surface area (Å²) < 4.78 is 43.2. The summed E-state index contributed by atoms with van der Waals surface area (Å²) in [7, 11) is -2.05. The van der Waals surface area contributed by atoms with Gasteiger partial charge in [0.05, 0.1) is 25.2 Å². The summed E-state index contributed by atoms with van der Waals surface area (Å²) >= 11 is 0. The third kappa shape index (κ3) is 8.67. The Bertz CT molecular complexity index is 1180. The highest BCUT2D eigenvalue weighted by molar-refractivity contribution is 7.89. The van der Waals surface area contributed by atoms with E-state index >= 15 is 0 Å². The predicted molar refractivity (Wildman–Crippen MR) is 147 cm³/mol. The van der Waals surface area contributed by atoms with E-state index in [9.17, 15) is 18.0 Å². The van der Waals surface area contributed by atoms with Crippen LogP contribution in [0.3, 0.4) is 0 Å². The van der Waals surface area contributed by atoms with Crippen LogP contribution in [0.1, 0.15) is 32.8 Å². The Morgan fingerprint density at radius 1 is 1.00 bits per heavy atom. The minimum atomic E-state index is -3.63. The number of carbonyl (C=O) groups is 2. The van der Waals surface area contributed by atoms with Crippen LogP contribution in [-0.2, 0) is 30.9 Å². The maximum atomic E-state index is 13.3. The SMILES string of the molecule is COc1ccc(CN(C(=O)COc2ccc(S(=O)(=O)N3CCOCC3)cc2)[C@@H](C)C(=O)NCCC(C)C)cc1. The zero-order valence-electron chi connectivity index (χ0n) is 23.1. The Labute approximate surface area is 231 Å². The number of amides is 2. The van der Waals surface area contributed by atoms with Crippen molar-refractivity contribution in [3.8, 4) is 11.5 Å². The van der Waals surface area contributed by atoms with Gasteiger partial charge in [0, 0.05) is 26.2 Å². The van der Waals surface area contributed by atoms with E-state index in [0.717, 1.165) is 12.0 Å². The van der Waals surface area contributed by atoms with Crippen LogP contribution >= 0.6 is 0 Å². The summed E-state index contributed by atoms with van der Waals surface area (Å²) in [6.07, 6.45) is 0.839. The third-order valence-corrected chi connectivity index (χ3v) is 8.41. The summed E-state index contributed by atoms with van der Waals surface area (Å²) in [4.78, 5) is 27.8. The molecular weight excluding hydrogens is 522 g/mol. The molecule has 1 saturated heterocycles. The number of hydrogen-bond acceptors (Lipinski definition) is 7. The molecular formula is C28H39N3O7S. The second-order valence-corrected chi connectivity index (χ2v) is 11.7. The number of hydrogen-bond donors (Lipinski definition) is 1. The summed E-state index contributed by atoms with van der Waals surface area (Å²) in [5.74, 6) is 0.875. The average molecular weight is 562 g/mol. The lowest BCUT2D eigenvalue weighted by Gasteiger charge is -2.29. The first-order valence-corrected chi connectivity index (χ1v) is 14.6. The molecule has 3 rings (SSSR count). The Morgan fingerprint density at radius 3 is 2.21 bits per heavy atom. The van der Waals surface area contributed by atoms with E-state index in [1.54, 1.807) is 26.2 Å². The highest BCUT2D eigenvalue weighted by Crippen LogP contribution is 2.21. The fourth-order valence-corrected chi connectivity index (χ4v) is 5.42. The normalized spacial score (nSPS) is 15.0. The lowest BCUT2D eigenvalue weighted by molar-refractivity contribution is -0.142. The molecule has 214 valence electrons. The molecule has 1 fully saturated rings. The van der Waals surface area contributed by atoms with E-state index in [1.165, 1.54) is 33.5 Å². The van der Waals surface area contributed by atoms with Crippen molar-refractivity contribution in [1.29, 1.82) is 0 Å².